The molecule has 0 saturated carbocycles. The van der Waals surface area contributed by atoms with E-state index in [1.165, 1.54) is 0 Å². The lowest BCUT2D eigenvalue weighted by Gasteiger charge is -2.36. The van der Waals surface area contributed by atoms with Crippen LogP contribution in [0.15, 0.2) is 18.2 Å². The zero-order valence-electron chi connectivity index (χ0n) is 14.5. The van der Waals surface area contributed by atoms with Crippen LogP contribution in [-0.2, 0) is 16.4 Å². The highest BCUT2D eigenvalue weighted by atomic mass is 28.4. The Balaban J connectivity index is 2.83. The number of aromatic nitrogens is 1. The summed E-state index contributed by atoms with van der Waals surface area (Å²) in [5.41, 5.74) is 2.35. The van der Waals surface area contributed by atoms with Crippen molar-refractivity contribution in [3.8, 4) is 0 Å². The lowest BCUT2D eigenvalue weighted by atomic mass is 9.86. The fourth-order valence-electron chi connectivity index (χ4n) is 1.59. The van der Waals surface area contributed by atoms with Crippen LogP contribution in [0.1, 0.15) is 59.4 Å². The second-order valence-corrected chi connectivity index (χ2v) is 12.6. The lowest BCUT2D eigenvalue weighted by molar-refractivity contribution is 0.271. The van der Waals surface area contributed by atoms with Gasteiger partial charge in [0.25, 0.3) is 0 Å². The van der Waals surface area contributed by atoms with Gasteiger partial charge in [0.1, 0.15) is 0 Å². The quantitative estimate of drug-likeness (QED) is 0.688. The average Bonchev–Trinajstić information content (AvgIpc) is 2.35. The molecular weight excluding hydrogens is 262 g/mol. The molecule has 1 heterocycles. The minimum Gasteiger partial charge on any atom is -0.411 e. The van der Waals surface area contributed by atoms with Crippen molar-refractivity contribution >= 4 is 8.32 Å². The molecule has 1 aromatic heterocycles. The molecule has 1 aromatic rings. The molecule has 114 valence electrons. The molecule has 20 heavy (non-hydrogen) atoms. The lowest BCUT2D eigenvalue weighted by Crippen LogP contribution is -2.40. The van der Waals surface area contributed by atoms with Crippen LogP contribution in [0.2, 0.25) is 18.1 Å². The molecule has 0 N–H and O–H groups in total. The number of hydrogen-bond donors (Lipinski definition) is 0. The van der Waals surface area contributed by atoms with E-state index in [0.717, 1.165) is 17.8 Å². The van der Waals surface area contributed by atoms with Gasteiger partial charge < -0.3 is 4.43 Å². The second-order valence-electron chi connectivity index (χ2n) is 7.80. The van der Waals surface area contributed by atoms with Crippen molar-refractivity contribution in [3.05, 3.63) is 29.6 Å². The van der Waals surface area contributed by atoms with Crippen molar-refractivity contribution in [1.29, 1.82) is 0 Å². The summed E-state index contributed by atoms with van der Waals surface area (Å²) < 4.78 is 6.26. The van der Waals surface area contributed by atoms with E-state index in [0.29, 0.717) is 6.61 Å². The molecule has 0 atom stereocenters. The number of pyridine rings is 1. The van der Waals surface area contributed by atoms with Gasteiger partial charge in [0.2, 0.25) is 0 Å². The largest absolute Gasteiger partial charge is 0.411 e. The minimum atomic E-state index is -1.70. The summed E-state index contributed by atoms with van der Waals surface area (Å²) >= 11 is 0. The van der Waals surface area contributed by atoms with Crippen molar-refractivity contribution in [2.24, 2.45) is 0 Å². The molecule has 0 aliphatic rings. The maximum absolute atomic E-state index is 6.26. The smallest absolute Gasteiger partial charge is 0.192 e. The van der Waals surface area contributed by atoms with Crippen LogP contribution >= 0.6 is 0 Å². The molecule has 0 spiro atoms. The zero-order chi connectivity index (χ0) is 15.6. The molecule has 0 saturated heterocycles. The molecule has 0 aliphatic heterocycles. The van der Waals surface area contributed by atoms with Gasteiger partial charge in [0.15, 0.2) is 8.32 Å². The predicted octanol–water partition coefficient (Wildman–Crippen LogP) is 5.29. The first kappa shape index (κ1) is 17.4. The first-order valence-corrected chi connectivity index (χ1v) is 10.5. The van der Waals surface area contributed by atoms with Crippen molar-refractivity contribution in [2.45, 2.75) is 78.1 Å². The first-order valence-electron chi connectivity index (χ1n) is 7.60. The second kappa shape index (κ2) is 5.98. The Morgan fingerprint density at radius 3 is 2.20 bits per heavy atom. The van der Waals surface area contributed by atoms with Crippen LogP contribution in [0.4, 0.5) is 0 Å². The summed E-state index contributed by atoms with van der Waals surface area (Å²) in [7, 11) is -1.70. The van der Waals surface area contributed by atoms with E-state index in [2.05, 4.69) is 72.8 Å². The van der Waals surface area contributed by atoms with E-state index in [9.17, 15) is 0 Å². The van der Waals surface area contributed by atoms with E-state index >= 15 is 0 Å². The number of hydrogen-bond acceptors (Lipinski definition) is 2. The molecule has 3 heteroatoms. The van der Waals surface area contributed by atoms with E-state index in [4.69, 9.17) is 9.41 Å². The van der Waals surface area contributed by atoms with Crippen molar-refractivity contribution in [1.82, 2.24) is 4.98 Å². The topological polar surface area (TPSA) is 22.1 Å². The molecule has 2 nitrogen and oxygen atoms in total. The highest BCUT2D eigenvalue weighted by Gasteiger charge is 2.37. The third kappa shape index (κ3) is 4.16. The van der Waals surface area contributed by atoms with Gasteiger partial charge in [0.05, 0.1) is 12.3 Å². The standard InChI is InChI=1S/C17H31NOSi/c1-9-17(5,6)15-12-10-11-14(18-15)13-19-20(7,8)16(2,3)4/h10-12H,9,13H2,1-8H3. The molecule has 1 rings (SSSR count). The van der Waals surface area contributed by atoms with Crippen LogP contribution in [0, 0.1) is 0 Å². The molecule has 0 fully saturated rings. The summed E-state index contributed by atoms with van der Waals surface area (Å²) in [6, 6.07) is 6.30. The van der Waals surface area contributed by atoms with Gasteiger partial charge in [-0.05, 0) is 36.7 Å². The number of rotatable bonds is 5. The summed E-state index contributed by atoms with van der Waals surface area (Å²) in [4.78, 5) is 4.80. The van der Waals surface area contributed by atoms with Gasteiger partial charge in [-0.25, -0.2) is 0 Å². The third-order valence-electron chi connectivity index (χ3n) is 4.77. The molecular formula is C17H31NOSi. The Morgan fingerprint density at radius 2 is 1.70 bits per heavy atom. The minimum absolute atomic E-state index is 0.132. The monoisotopic (exact) mass is 293 g/mol. The van der Waals surface area contributed by atoms with Crippen LogP contribution in [0.5, 0.6) is 0 Å². The SMILES string of the molecule is CCC(C)(C)c1cccc(CO[Si](C)(C)C(C)(C)C)n1. The van der Waals surface area contributed by atoms with E-state index in [1.54, 1.807) is 0 Å². The average molecular weight is 294 g/mol. The fraction of sp³-hybridized carbons (Fsp3) is 0.706. The molecule has 0 unspecified atom stereocenters. The highest BCUT2D eigenvalue weighted by molar-refractivity contribution is 6.74. The number of nitrogens with zero attached hydrogens (tertiary/aromatic N) is 1. The molecule has 0 radical (unpaired) electrons. The molecule has 0 aromatic carbocycles. The maximum Gasteiger partial charge on any atom is 0.192 e. The van der Waals surface area contributed by atoms with E-state index < -0.39 is 8.32 Å². The fourth-order valence-corrected chi connectivity index (χ4v) is 2.53. The Morgan fingerprint density at radius 1 is 1.10 bits per heavy atom. The van der Waals surface area contributed by atoms with Gasteiger partial charge in [0, 0.05) is 11.1 Å². The van der Waals surface area contributed by atoms with Gasteiger partial charge in [-0.3, -0.25) is 4.98 Å². The maximum atomic E-state index is 6.26. The van der Waals surface area contributed by atoms with Gasteiger partial charge in [-0.1, -0.05) is 47.6 Å². The van der Waals surface area contributed by atoms with Gasteiger partial charge in [-0.2, -0.15) is 0 Å². The molecule has 0 aliphatic carbocycles. The molecule has 0 bridgehead atoms. The zero-order valence-corrected chi connectivity index (χ0v) is 15.5. The Bertz CT molecular complexity index is 447. The third-order valence-corrected chi connectivity index (χ3v) is 9.25. The Kier molecular flexibility index (Phi) is 5.20. The van der Waals surface area contributed by atoms with Gasteiger partial charge in [-0.15, -0.1) is 0 Å². The summed E-state index contributed by atoms with van der Waals surface area (Å²) in [6.45, 7) is 18.7. The van der Waals surface area contributed by atoms with Crippen LogP contribution in [0.3, 0.4) is 0 Å². The predicted molar refractivity (Wildman–Crippen MR) is 89.5 cm³/mol. The van der Waals surface area contributed by atoms with E-state index in [-0.39, 0.29) is 10.5 Å². The van der Waals surface area contributed by atoms with Crippen LogP contribution < -0.4 is 0 Å². The summed E-state index contributed by atoms with van der Waals surface area (Å²) in [5, 5.41) is 0.243. The normalized spacial score (nSPS) is 13.6. The summed E-state index contributed by atoms with van der Waals surface area (Å²) in [5.74, 6) is 0. The van der Waals surface area contributed by atoms with E-state index in [1.807, 2.05) is 0 Å². The van der Waals surface area contributed by atoms with Crippen molar-refractivity contribution in [3.63, 3.8) is 0 Å². The van der Waals surface area contributed by atoms with Crippen LogP contribution in [-0.4, -0.2) is 13.3 Å². The van der Waals surface area contributed by atoms with Crippen molar-refractivity contribution < 1.29 is 4.43 Å². The van der Waals surface area contributed by atoms with Gasteiger partial charge >= 0.3 is 0 Å². The summed E-state index contributed by atoms with van der Waals surface area (Å²) in [6.07, 6.45) is 1.09. The van der Waals surface area contributed by atoms with Crippen molar-refractivity contribution in [2.75, 3.05) is 0 Å². The molecule has 0 amide bonds. The Labute approximate surface area is 126 Å². The first-order chi connectivity index (χ1) is 8.99. The van der Waals surface area contributed by atoms with Crippen LogP contribution in [0.25, 0.3) is 0 Å². The highest BCUT2D eigenvalue weighted by Crippen LogP contribution is 2.37. The Hall–Kier alpha value is -0.673.